The summed E-state index contributed by atoms with van der Waals surface area (Å²) in [7, 11) is 0. The fraction of sp³-hybridized carbons (Fsp3) is 0.143. The molecule has 11 heavy (non-hydrogen) atoms. The van der Waals surface area contributed by atoms with Gasteiger partial charge in [0.25, 0.3) is 0 Å². The first kappa shape index (κ1) is 8.62. The van der Waals surface area contributed by atoms with E-state index in [9.17, 15) is 4.79 Å². The summed E-state index contributed by atoms with van der Waals surface area (Å²) in [5, 5.41) is 0.0551. The molecular formula is C7H7NOS2. The number of carbonyl (C=O) groups excluding carboxylic acids is 1. The fourth-order valence-electron chi connectivity index (χ4n) is 0.570. The van der Waals surface area contributed by atoms with Crippen LogP contribution in [0.3, 0.4) is 0 Å². The normalized spacial score (nSPS) is 9.55. The molecular weight excluding hydrogens is 178 g/mol. The van der Waals surface area contributed by atoms with E-state index in [1.165, 1.54) is 11.8 Å². The molecule has 1 aromatic rings. The molecule has 0 N–H and O–H groups in total. The zero-order valence-corrected chi connectivity index (χ0v) is 7.44. The Morgan fingerprint density at radius 1 is 1.55 bits per heavy atom. The van der Waals surface area contributed by atoms with E-state index in [-0.39, 0.29) is 10.9 Å². The molecule has 0 fully saturated rings. The van der Waals surface area contributed by atoms with E-state index < -0.39 is 0 Å². The topological polar surface area (TPSA) is 30.0 Å². The highest BCUT2D eigenvalue weighted by atomic mass is 32.2. The van der Waals surface area contributed by atoms with Crippen molar-refractivity contribution in [1.82, 2.24) is 4.98 Å². The molecule has 1 rings (SSSR count). The molecule has 0 saturated carbocycles. The van der Waals surface area contributed by atoms with Crippen molar-refractivity contribution in [3.63, 3.8) is 0 Å². The molecule has 0 unspecified atom stereocenters. The number of aromatic nitrogens is 1. The summed E-state index contributed by atoms with van der Waals surface area (Å²) in [6.07, 6.45) is 3.32. The van der Waals surface area contributed by atoms with Gasteiger partial charge in [-0.15, -0.1) is 0 Å². The first-order valence-corrected chi connectivity index (χ1v) is 4.49. The third-order valence-electron chi connectivity index (χ3n) is 1.01. The summed E-state index contributed by atoms with van der Waals surface area (Å²) in [5.74, 6) is 0.271. The summed E-state index contributed by atoms with van der Waals surface area (Å²) >= 11 is 5.05. The van der Waals surface area contributed by atoms with Crippen LogP contribution in [0.25, 0.3) is 0 Å². The third kappa shape index (κ3) is 2.95. The Labute approximate surface area is 74.8 Å². The zero-order valence-electron chi connectivity index (χ0n) is 5.73. The van der Waals surface area contributed by atoms with Crippen molar-refractivity contribution >= 4 is 29.5 Å². The van der Waals surface area contributed by atoms with E-state index in [4.69, 9.17) is 0 Å². The average Bonchev–Trinajstić information content (AvgIpc) is 2.06. The van der Waals surface area contributed by atoms with Crippen molar-refractivity contribution in [2.75, 3.05) is 5.75 Å². The maximum absolute atomic E-state index is 10.8. The van der Waals surface area contributed by atoms with Gasteiger partial charge in [-0.3, -0.25) is 9.78 Å². The van der Waals surface area contributed by atoms with Crippen LogP contribution in [0.15, 0.2) is 29.4 Å². The van der Waals surface area contributed by atoms with Crippen LogP contribution in [0.4, 0.5) is 0 Å². The second-order valence-corrected chi connectivity index (χ2v) is 3.26. The molecule has 2 nitrogen and oxygen atoms in total. The van der Waals surface area contributed by atoms with Crippen LogP contribution in [-0.4, -0.2) is 15.9 Å². The first-order valence-electron chi connectivity index (χ1n) is 3.04. The molecule has 1 heterocycles. The number of hydrogen-bond acceptors (Lipinski definition) is 4. The van der Waals surface area contributed by atoms with Gasteiger partial charge in [0.2, 0.25) is 5.12 Å². The van der Waals surface area contributed by atoms with E-state index in [1.807, 2.05) is 0 Å². The highest BCUT2D eigenvalue weighted by molar-refractivity contribution is 8.14. The third-order valence-corrected chi connectivity index (χ3v) is 2.39. The van der Waals surface area contributed by atoms with Crippen molar-refractivity contribution in [3.05, 3.63) is 24.5 Å². The molecule has 0 aliphatic heterocycles. The minimum absolute atomic E-state index is 0.0551. The number of nitrogens with zero attached hydrogens (tertiary/aromatic N) is 1. The lowest BCUT2D eigenvalue weighted by atomic mass is 10.5. The van der Waals surface area contributed by atoms with E-state index >= 15 is 0 Å². The molecule has 0 atom stereocenters. The molecule has 0 aromatic carbocycles. The molecule has 0 aliphatic rings. The molecule has 0 radical (unpaired) electrons. The van der Waals surface area contributed by atoms with Gasteiger partial charge in [0.05, 0.1) is 5.75 Å². The molecule has 0 amide bonds. The molecule has 1 aromatic heterocycles. The minimum Gasteiger partial charge on any atom is -0.286 e. The predicted octanol–water partition coefficient (Wildman–Crippen LogP) is 1.63. The van der Waals surface area contributed by atoms with Crippen LogP contribution in [-0.2, 0) is 4.79 Å². The van der Waals surface area contributed by atoms with Crippen molar-refractivity contribution < 1.29 is 4.79 Å². The Kier molecular flexibility index (Phi) is 3.45. The van der Waals surface area contributed by atoms with Gasteiger partial charge in [0.15, 0.2) is 0 Å². The van der Waals surface area contributed by atoms with Gasteiger partial charge in [-0.1, -0.05) is 11.8 Å². The van der Waals surface area contributed by atoms with Gasteiger partial charge >= 0.3 is 0 Å². The SMILES string of the molecule is O=C(CS)Sc1ccncc1. The highest BCUT2D eigenvalue weighted by Crippen LogP contribution is 2.17. The Morgan fingerprint density at radius 3 is 2.73 bits per heavy atom. The monoisotopic (exact) mass is 185 g/mol. The smallest absolute Gasteiger partial charge is 0.203 e. The highest BCUT2D eigenvalue weighted by Gasteiger charge is 1.99. The van der Waals surface area contributed by atoms with E-state index in [0.717, 1.165) is 4.90 Å². The maximum Gasteiger partial charge on any atom is 0.203 e. The second-order valence-electron chi connectivity index (χ2n) is 1.82. The Bertz CT molecular complexity index is 237. The van der Waals surface area contributed by atoms with Crippen LogP contribution in [0.2, 0.25) is 0 Å². The lowest BCUT2D eigenvalue weighted by Crippen LogP contribution is -1.90. The number of carbonyl (C=O) groups is 1. The largest absolute Gasteiger partial charge is 0.286 e. The molecule has 4 heteroatoms. The van der Waals surface area contributed by atoms with Crippen molar-refractivity contribution in [2.24, 2.45) is 0 Å². The van der Waals surface area contributed by atoms with Crippen molar-refractivity contribution in [1.29, 1.82) is 0 Å². The number of rotatable bonds is 2. The summed E-state index contributed by atoms with van der Waals surface area (Å²) in [6.45, 7) is 0. The molecule has 0 spiro atoms. The average molecular weight is 185 g/mol. The summed E-state index contributed by atoms with van der Waals surface area (Å²) in [5.41, 5.74) is 0. The maximum atomic E-state index is 10.8. The van der Waals surface area contributed by atoms with Crippen LogP contribution in [0.1, 0.15) is 0 Å². The summed E-state index contributed by atoms with van der Waals surface area (Å²) in [4.78, 5) is 15.6. The van der Waals surface area contributed by atoms with E-state index in [1.54, 1.807) is 24.5 Å². The number of thiol groups is 1. The van der Waals surface area contributed by atoms with Gasteiger partial charge in [0.1, 0.15) is 0 Å². The van der Waals surface area contributed by atoms with Gasteiger partial charge in [-0.2, -0.15) is 12.6 Å². The van der Waals surface area contributed by atoms with Crippen LogP contribution in [0, 0.1) is 0 Å². The van der Waals surface area contributed by atoms with Gasteiger partial charge < -0.3 is 0 Å². The lowest BCUT2D eigenvalue weighted by Gasteiger charge is -1.94. The number of hydrogen-bond donors (Lipinski definition) is 1. The van der Waals surface area contributed by atoms with E-state index in [0.29, 0.717) is 0 Å². The zero-order chi connectivity index (χ0) is 8.10. The minimum atomic E-state index is 0.0551. The molecule has 58 valence electrons. The van der Waals surface area contributed by atoms with Crippen molar-refractivity contribution in [2.45, 2.75) is 4.90 Å². The Hall–Kier alpha value is -0.480. The number of thioether (sulfide) groups is 1. The number of pyridine rings is 1. The van der Waals surface area contributed by atoms with Crippen LogP contribution in [0.5, 0.6) is 0 Å². The molecule has 0 aliphatic carbocycles. The van der Waals surface area contributed by atoms with Crippen LogP contribution < -0.4 is 0 Å². The Balaban J connectivity index is 2.58. The quantitative estimate of drug-likeness (QED) is 0.561. The first-order chi connectivity index (χ1) is 5.33. The standard InChI is InChI=1S/C7H7NOS2/c9-7(5-10)11-6-1-3-8-4-2-6/h1-4,10H,5H2. The molecule has 0 bridgehead atoms. The van der Waals surface area contributed by atoms with Gasteiger partial charge in [-0.25, -0.2) is 0 Å². The summed E-state index contributed by atoms with van der Waals surface area (Å²) < 4.78 is 0. The predicted molar refractivity (Wildman–Crippen MR) is 49.0 cm³/mol. The van der Waals surface area contributed by atoms with Gasteiger partial charge in [0, 0.05) is 17.3 Å². The second kappa shape index (κ2) is 4.41. The van der Waals surface area contributed by atoms with Crippen molar-refractivity contribution in [3.8, 4) is 0 Å². The summed E-state index contributed by atoms with van der Waals surface area (Å²) in [6, 6.07) is 3.60. The van der Waals surface area contributed by atoms with Crippen LogP contribution >= 0.6 is 24.4 Å². The van der Waals surface area contributed by atoms with E-state index in [2.05, 4.69) is 17.6 Å². The lowest BCUT2D eigenvalue weighted by molar-refractivity contribution is -0.108. The van der Waals surface area contributed by atoms with Gasteiger partial charge in [-0.05, 0) is 12.1 Å². The fourth-order valence-corrected chi connectivity index (χ4v) is 1.35. The Morgan fingerprint density at radius 2 is 2.18 bits per heavy atom. The molecule has 0 saturated heterocycles.